The SMILES string of the molecule is CCOc1c(OC)ccc(Br)c1CNCc1ccc(C)cc1. The third-order valence-electron chi connectivity index (χ3n) is 3.43. The zero-order valence-electron chi connectivity index (χ0n) is 13.3. The fourth-order valence-electron chi connectivity index (χ4n) is 2.25. The number of aryl methyl sites for hydroxylation is 1. The molecule has 0 spiro atoms. The molecule has 2 aromatic carbocycles. The van der Waals surface area contributed by atoms with E-state index in [-0.39, 0.29) is 0 Å². The maximum absolute atomic E-state index is 5.76. The van der Waals surface area contributed by atoms with E-state index < -0.39 is 0 Å². The van der Waals surface area contributed by atoms with E-state index >= 15 is 0 Å². The van der Waals surface area contributed by atoms with Crippen LogP contribution in [0.25, 0.3) is 0 Å². The van der Waals surface area contributed by atoms with Gasteiger partial charge < -0.3 is 14.8 Å². The van der Waals surface area contributed by atoms with Crippen molar-refractivity contribution in [2.24, 2.45) is 0 Å². The summed E-state index contributed by atoms with van der Waals surface area (Å²) in [7, 11) is 1.66. The normalized spacial score (nSPS) is 10.5. The molecule has 0 atom stereocenters. The largest absolute Gasteiger partial charge is 0.493 e. The Morgan fingerprint density at radius 2 is 1.77 bits per heavy atom. The van der Waals surface area contributed by atoms with Crippen molar-refractivity contribution >= 4 is 15.9 Å². The average molecular weight is 364 g/mol. The molecular weight excluding hydrogens is 342 g/mol. The highest BCUT2D eigenvalue weighted by molar-refractivity contribution is 9.10. The molecule has 0 aliphatic heterocycles. The first-order valence-electron chi connectivity index (χ1n) is 7.40. The molecule has 0 unspecified atom stereocenters. The van der Waals surface area contributed by atoms with Crippen molar-refractivity contribution in [3.05, 3.63) is 57.6 Å². The third kappa shape index (κ3) is 4.24. The van der Waals surface area contributed by atoms with E-state index in [1.165, 1.54) is 11.1 Å². The van der Waals surface area contributed by atoms with Gasteiger partial charge in [0.05, 0.1) is 13.7 Å². The quantitative estimate of drug-likeness (QED) is 0.787. The third-order valence-corrected chi connectivity index (χ3v) is 4.17. The van der Waals surface area contributed by atoms with Gasteiger partial charge in [-0.1, -0.05) is 45.8 Å². The van der Waals surface area contributed by atoms with Crippen LogP contribution in [0.4, 0.5) is 0 Å². The molecular formula is C18H22BrNO2. The molecule has 2 rings (SSSR count). The number of benzene rings is 2. The van der Waals surface area contributed by atoms with Crippen LogP contribution < -0.4 is 14.8 Å². The Bertz CT molecular complexity index is 611. The Hall–Kier alpha value is -1.52. The van der Waals surface area contributed by atoms with Gasteiger partial charge in [0.25, 0.3) is 0 Å². The smallest absolute Gasteiger partial charge is 0.166 e. The molecule has 22 heavy (non-hydrogen) atoms. The lowest BCUT2D eigenvalue weighted by Gasteiger charge is -2.16. The number of hydrogen-bond acceptors (Lipinski definition) is 3. The van der Waals surface area contributed by atoms with Crippen LogP contribution in [0.1, 0.15) is 23.6 Å². The molecule has 0 aliphatic rings. The van der Waals surface area contributed by atoms with Crippen LogP contribution in [-0.2, 0) is 13.1 Å². The first-order chi connectivity index (χ1) is 10.7. The molecule has 0 fully saturated rings. The van der Waals surface area contributed by atoms with Crippen molar-refractivity contribution < 1.29 is 9.47 Å². The lowest BCUT2D eigenvalue weighted by atomic mass is 10.1. The fraction of sp³-hybridized carbons (Fsp3) is 0.333. The highest BCUT2D eigenvalue weighted by Crippen LogP contribution is 2.36. The number of nitrogens with one attached hydrogen (secondary N) is 1. The molecule has 1 N–H and O–H groups in total. The highest BCUT2D eigenvalue weighted by atomic mass is 79.9. The van der Waals surface area contributed by atoms with E-state index in [0.29, 0.717) is 13.2 Å². The summed E-state index contributed by atoms with van der Waals surface area (Å²) in [6.45, 7) is 6.21. The van der Waals surface area contributed by atoms with Crippen molar-refractivity contribution in [2.45, 2.75) is 26.9 Å². The number of methoxy groups -OCH3 is 1. The minimum Gasteiger partial charge on any atom is -0.493 e. The molecule has 0 heterocycles. The van der Waals surface area contributed by atoms with Crippen LogP contribution in [0.2, 0.25) is 0 Å². The van der Waals surface area contributed by atoms with Gasteiger partial charge in [-0.2, -0.15) is 0 Å². The molecule has 4 heteroatoms. The predicted octanol–water partition coefficient (Wildman–Crippen LogP) is 4.45. The predicted molar refractivity (Wildman–Crippen MR) is 93.6 cm³/mol. The standard InChI is InChI=1S/C18H22BrNO2/c1-4-22-18-15(16(19)9-10-17(18)21-3)12-20-11-14-7-5-13(2)6-8-14/h5-10,20H,4,11-12H2,1-3H3. The fourth-order valence-corrected chi connectivity index (χ4v) is 2.70. The Kier molecular flexibility index (Phi) is 6.28. The molecule has 0 saturated heterocycles. The summed E-state index contributed by atoms with van der Waals surface area (Å²) in [4.78, 5) is 0. The van der Waals surface area contributed by atoms with Crippen LogP contribution in [0.3, 0.4) is 0 Å². The summed E-state index contributed by atoms with van der Waals surface area (Å²) in [5.41, 5.74) is 3.62. The van der Waals surface area contributed by atoms with E-state index in [4.69, 9.17) is 9.47 Å². The minimum absolute atomic E-state index is 0.609. The monoisotopic (exact) mass is 363 g/mol. The summed E-state index contributed by atoms with van der Waals surface area (Å²) in [5, 5.41) is 3.46. The van der Waals surface area contributed by atoms with Gasteiger partial charge in [-0.25, -0.2) is 0 Å². The molecule has 0 saturated carbocycles. The topological polar surface area (TPSA) is 30.5 Å². The molecule has 2 aromatic rings. The molecule has 0 aromatic heterocycles. The van der Waals surface area contributed by atoms with Crippen molar-refractivity contribution in [3.8, 4) is 11.5 Å². The maximum atomic E-state index is 5.76. The van der Waals surface area contributed by atoms with Crippen molar-refractivity contribution in [2.75, 3.05) is 13.7 Å². The number of ether oxygens (including phenoxy) is 2. The van der Waals surface area contributed by atoms with E-state index in [0.717, 1.165) is 28.1 Å². The Labute approximate surface area is 140 Å². The summed E-state index contributed by atoms with van der Waals surface area (Å²) in [6.07, 6.45) is 0. The first-order valence-corrected chi connectivity index (χ1v) is 8.19. The maximum Gasteiger partial charge on any atom is 0.166 e. The number of hydrogen-bond donors (Lipinski definition) is 1. The summed E-state index contributed by atoms with van der Waals surface area (Å²) in [5.74, 6) is 1.56. The second-order valence-electron chi connectivity index (χ2n) is 5.08. The molecule has 0 radical (unpaired) electrons. The molecule has 0 amide bonds. The van der Waals surface area contributed by atoms with Crippen molar-refractivity contribution in [1.29, 1.82) is 0 Å². The molecule has 0 bridgehead atoms. The van der Waals surface area contributed by atoms with E-state index in [2.05, 4.69) is 52.4 Å². The van der Waals surface area contributed by atoms with Crippen LogP contribution in [0.5, 0.6) is 11.5 Å². The number of rotatable bonds is 7. The van der Waals surface area contributed by atoms with Gasteiger partial charge in [-0.3, -0.25) is 0 Å². The zero-order valence-corrected chi connectivity index (χ0v) is 14.9. The van der Waals surface area contributed by atoms with Crippen molar-refractivity contribution in [3.63, 3.8) is 0 Å². The minimum atomic E-state index is 0.609. The first kappa shape index (κ1) is 16.8. The number of halogens is 1. The second kappa shape index (κ2) is 8.20. The van der Waals surface area contributed by atoms with Gasteiger partial charge in [-0.05, 0) is 31.5 Å². The molecule has 118 valence electrons. The lowest BCUT2D eigenvalue weighted by molar-refractivity contribution is 0.306. The summed E-state index contributed by atoms with van der Waals surface area (Å²) in [6, 6.07) is 12.5. The Morgan fingerprint density at radius 3 is 2.41 bits per heavy atom. The Balaban J connectivity index is 2.09. The molecule has 0 aliphatic carbocycles. The van der Waals surface area contributed by atoms with Gasteiger partial charge in [0.15, 0.2) is 11.5 Å². The van der Waals surface area contributed by atoms with Gasteiger partial charge in [0.2, 0.25) is 0 Å². The Morgan fingerprint density at radius 1 is 1.05 bits per heavy atom. The second-order valence-corrected chi connectivity index (χ2v) is 5.93. The zero-order chi connectivity index (χ0) is 15.9. The van der Waals surface area contributed by atoms with Crippen LogP contribution in [0, 0.1) is 6.92 Å². The molecule has 3 nitrogen and oxygen atoms in total. The average Bonchev–Trinajstić information content (AvgIpc) is 2.52. The van der Waals surface area contributed by atoms with Gasteiger partial charge in [-0.15, -0.1) is 0 Å². The van der Waals surface area contributed by atoms with E-state index in [1.807, 2.05) is 19.1 Å². The van der Waals surface area contributed by atoms with Crippen LogP contribution in [-0.4, -0.2) is 13.7 Å². The van der Waals surface area contributed by atoms with Gasteiger partial charge >= 0.3 is 0 Å². The lowest BCUT2D eigenvalue weighted by Crippen LogP contribution is -2.14. The van der Waals surface area contributed by atoms with Gasteiger partial charge in [0.1, 0.15) is 0 Å². The van der Waals surface area contributed by atoms with Crippen molar-refractivity contribution in [1.82, 2.24) is 5.32 Å². The van der Waals surface area contributed by atoms with E-state index in [1.54, 1.807) is 7.11 Å². The highest BCUT2D eigenvalue weighted by Gasteiger charge is 2.13. The van der Waals surface area contributed by atoms with Crippen LogP contribution in [0.15, 0.2) is 40.9 Å². The summed E-state index contributed by atoms with van der Waals surface area (Å²) >= 11 is 3.60. The van der Waals surface area contributed by atoms with Crippen LogP contribution >= 0.6 is 15.9 Å². The van der Waals surface area contributed by atoms with Gasteiger partial charge in [0, 0.05) is 23.1 Å². The summed E-state index contributed by atoms with van der Waals surface area (Å²) < 4.78 is 12.2. The van der Waals surface area contributed by atoms with E-state index in [9.17, 15) is 0 Å².